The summed E-state index contributed by atoms with van der Waals surface area (Å²) in [7, 11) is -4.56. The Morgan fingerprint density at radius 1 is 1.40 bits per heavy atom. The standard InChI is InChI=1S/C9H18O4S.Na/c1-2-3-8-4-6-9(10,7-5-8)14(11,12)13;/h8,10H,2-7H2,1H3,(H,11,12,13);/q;+1/p-1. The van der Waals surface area contributed by atoms with Crippen molar-refractivity contribution in [3.63, 3.8) is 0 Å². The predicted molar refractivity (Wildman–Crippen MR) is 51.5 cm³/mol. The molecule has 0 spiro atoms. The first-order valence-corrected chi connectivity index (χ1v) is 6.47. The summed E-state index contributed by atoms with van der Waals surface area (Å²) in [6.45, 7) is 2.07. The molecule has 1 rings (SSSR count). The van der Waals surface area contributed by atoms with Gasteiger partial charge in [-0.15, -0.1) is 0 Å². The van der Waals surface area contributed by atoms with Crippen LogP contribution < -0.4 is 29.6 Å². The van der Waals surface area contributed by atoms with Crippen molar-refractivity contribution in [1.82, 2.24) is 0 Å². The molecule has 0 radical (unpaired) electrons. The molecule has 0 heterocycles. The van der Waals surface area contributed by atoms with Crippen molar-refractivity contribution in [2.24, 2.45) is 5.92 Å². The fourth-order valence-electron chi connectivity index (χ4n) is 2.08. The number of aliphatic hydroxyl groups is 1. The monoisotopic (exact) mass is 244 g/mol. The van der Waals surface area contributed by atoms with Crippen LogP contribution in [0.15, 0.2) is 0 Å². The Morgan fingerprint density at radius 3 is 2.20 bits per heavy atom. The molecule has 0 saturated heterocycles. The Morgan fingerprint density at radius 2 is 1.87 bits per heavy atom. The van der Waals surface area contributed by atoms with Gasteiger partial charge in [-0.3, -0.25) is 0 Å². The molecule has 0 amide bonds. The zero-order valence-corrected chi connectivity index (χ0v) is 12.2. The van der Waals surface area contributed by atoms with E-state index in [1.54, 1.807) is 0 Å². The van der Waals surface area contributed by atoms with Gasteiger partial charge in [-0.1, -0.05) is 19.8 Å². The van der Waals surface area contributed by atoms with Crippen LogP contribution in [0.4, 0.5) is 0 Å². The van der Waals surface area contributed by atoms with E-state index in [1.807, 2.05) is 0 Å². The van der Waals surface area contributed by atoms with Crippen molar-refractivity contribution >= 4 is 10.1 Å². The number of hydrogen-bond acceptors (Lipinski definition) is 4. The summed E-state index contributed by atoms with van der Waals surface area (Å²) < 4.78 is 32.3. The second kappa shape index (κ2) is 5.98. The van der Waals surface area contributed by atoms with Gasteiger partial charge >= 0.3 is 29.6 Å². The zero-order chi connectivity index (χ0) is 10.8. The third-order valence-corrected chi connectivity index (χ3v) is 4.39. The summed E-state index contributed by atoms with van der Waals surface area (Å²) in [5, 5.41) is 9.59. The number of hydrogen-bond donors (Lipinski definition) is 1. The average Bonchev–Trinajstić information content (AvgIpc) is 2.08. The SMILES string of the molecule is CCCC1CCC(O)(S(=O)(=O)[O-])CC1.[Na+]. The molecule has 0 aromatic carbocycles. The minimum absolute atomic E-state index is 0. The van der Waals surface area contributed by atoms with Crippen molar-refractivity contribution in [3.05, 3.63) is 0 Å². The Bertz CT molecular complexity index is 280. The van der Waals surface area contributed by atoms with E-state index in [2.05, 4.69) is 6.92 Å². The van der Waals surface area contributed by atoms with Crippen LogP contribution in [0.2, 0.25) is 0 Å². The van der Waals surface area contributed by atoms with Crippen molar-refractivity contribution in [2.75, 3.05) is 0 Å². The van der Waals surface area contributed by atoms with Crippen molar-refractivity contribution in [3.8, 4) is 0 Å². The molecule has 4 nitrogen and oxygen atoms in total. The van der Waals surface area contributed by atoms with Crippen molar-refractivity contribution < 1.29 is 47.6 Å². The molecule has 1 fully saturated rings. The van der Waals surface area contributed by atoms with E-state index in [1.165, 1.54) is 0 Å². The molecular formula is C9H17NaO4S. The molecule has 6 heteroatoms. The largest absolute Gasteiger partial charge is 1.00 e. The van der Waals surface area contributed by atoms with Crippen LogP contribution in [-0.2, 0) is 10.1 Å². The van der Waals surface area contributed by atoms with E-state index >= 15 is 0 Å². The van der Waals surface area contributed by atoms with E-state index in [0.717, 1.165) is 12.8 Å². The first-order valence-electron chi connectivity index (χ1n) is 5.07. The van der Waals surface area contributed by atoms with Crippen LogP contribution in [0, 0.1) is 5.92 Å². The van der Waals surface area contributed by atoms with Crippen molar-refractivity contribution in [1.29, 1.82) is 0 Å². The quantitative estimate of drug-likeness (QED) is 0.470. The summed E-state index contributed by atoms with van der Waals surface area (Å²) in [5.74, 6) is 0.474. The summed E-state index contributed by atoms with van der Waals surface area (Å²) in [6, 6.07) is 0. The van der Waals surface area contributed by atoms with Gasteiger partial charge in [0.15, 0.2) is 4.93 Å². The van der Waals surface area contributed by atoms with Gasteiger partial charge in [0.2, 0.25) is 0 Å². The maximum Gasteiger partial charge on any atom is 1.00 e. The van der Waals surface area contributed by atoms with Gasteiger partial charge in [-0.25, -0.2) is 8.42 Å². The average molecular weight is 244 g/mol. The summed E-state index contributed by atoms with van der Waals surface area (Å²) in [4.78, 5) is -1.99. The molecule has 0 aromatic heterocycles. The van der Waals surface area contributed by atoms with Crippen LogP contribution in [-0.4, -0.2) is 23.0 Å². The molecule has 0 bridgehead atoms. The Balaban J connectivity index is 0.00000196. The minimum atomic E-state index is -4.56. The summed E-state index contributed by atoms with van der Waals surface area (Å²) in [5.41, 5.74) is 0. The van der Waals surface area contributed by atoms with E-state index in [0.29, 0.717) is 18.8 Å². The van der Waals surface area contributed by atoms with E-state index in [4.69, 9.17) is 0 Å². The Hall–Kier alpha value is 0.870. The molecule has 0 unspecified atom stereocenters. The zero-order valence-electron chi connectivity index (χ0n) is 9.40. The molecule has 15 heavy (non-hydrogen) atoms. The summed E-state index contributed by atoms with van der Waals surface area (Å²) >= 11 is 0. The second-order valence-electron chi connectivity index (χ2n) is 4.13. The van der Waals surface area contributed by atoms with Gasteiger partial charge in [0, 0.05) is 0 Å². The normalized spacial score (nSPS) is 32.1. The van der Waals surface area contributed by atoms with Gasteiger partial charge in [-0.2, -0.15) is 0 Å². The van der Waals surface area contributed by atoms with Crippen LogP contribution in [0.3, 0.4) is 0 Å². The maximum absolute atomic E-state index is 10.8. The van der Waals surface area contributed by atoms with Crippen LogP contribution in [0.5, 0.6) is 0 Å². The predicted octanol–water partition coefficient (Wildman–Crippen LogP) is -1.79. The topological polar surface area (TPSA) is 77.4 Å². The molecule has 1 N–H and O–H groups in total. The van der Waals surface area contributed by atoms with Crippen LogP contribution in [0.1, 0.15) is 45.4 Å². The minimum Gasteiger partial charge on any atom is -0.746 e. The molecule has 1 saturated carbocycles. The molecule has 0 atom stereocenters. The molecule has 84 valence electrons. The molecular weight excluding hydrogens is 227 g/mol. The third kappa shape index (κ3) is 3.98. The molecule has 0 aromatic rings. The van der Waals surface area contributed by atoms with Gasteiger partial charge in [0.05, 0.1) is 0 Å². The smallest absolute Gasteiger partial charge is 0.746 e. The van der Waals surface area contributed by atoms with Crippen LogP contribution >= 0.6 is 0 Å². The van der Waals surface area contributed by atoms with E-state index < -0.39 is 15.1 Å². The van der Waals surface area contributed by atoms with Gasteiger partial charge in [-0.05, 0) is 31.6 Å². The van der Waals surface area contributed by atoms with Crippen LogP contribution in [0.25, 0.3) is 0 Å². The Labute approximate surface area is 113 Å². The molecule has 0 aliphatic heterocycles. The van der Waals surface area contributed by atoms with Gasteiger partial charge in [0.25, 0.3) is 0 Å². The van der Waals surface area contributed by atoms with E-state index in [9.17, 15) is 18.1 Å². The molecule has 1 aliphatic rings. The first-order chi connectivity index (χ1) is 6.39. The molecule has 1 aliphatic carbocycles. The second-order valence-corrected chi connectivity index (χ2v) is 5.80. The van der Waals surface area contributed by atoms with Crippen molar-refractivity contribution in [2.45, 2.75) is 50.4 Å². The first kappa shape index (κ1) is 15.9. The van der Waals surface area contributed by atoms with Gasteiger partial charge < -0.3 is 9.66 Å². The fourth-order valence-corrected chi connectivity index (χ4v) is 2.81. The van der Waals surface area contributed by atoms with E-state index in [-0.39, 0.29) is 42.4 Å². The Kier molecular flexibility index (Phi) is 6.33. The van der Waals surface area contributed by atoms with Gasteiger partial charge in [0.1, 0.15) is 10.1 Å². The maximum atomic E-state index is 10.8. The third-order valence-electron chi connectivity index (χ3n) is 3.05. The number of rotatable bonds is 3. The fraction of sp³-hybridized carbons (Fsp3) is 1.00. The summed E-state index contributed by atoms with van der Waals surface area (Å²) in [6.07, 6.45) is 3.60.